The first-order valence-electron chi connectivity index (χ1n) is 8.53. The van der Waals surface area contributed by atoms with Crippen LogP contribution in [0.15, 0.2) is 48.5 Å². The van der Waals surface area contributed by atoms with Crippen LogP contribution in [0.1, 0.15) is 17.3 Å². The number of hydrogen-bond donors (Lipinski definition) is 2. The van der Waals surface area contributed by atoms with Crippen LogP contribution in [-0.2, 0) is 14.8 Å². The Morgan fingerprint density at radius 1 is 1.07 bits per heavy atom. The van der Waals surface area contributed by atoms with Crippen molar-refractivity contribution >= 4 is 33.2 Å². The summed E-state index contributed by atoms with van der Waals surface area (Å²) >= 11 is 0. The number of benzene rings is 2. The Kier molecular flexibility index (Phi) is 7.00. The van der Waals surface area contributed by atoms with E-state index in [9.17, 15) is 18.0 Å². The second-order valence-corrected chi connectivity index (χ2v) is 7.80. The molecule has 2 rings (SSSR count). The number of carbonyl (C=O) groups is 2. The summed E-state index contributed by atoms with van der Waals surface area (Å²) in [6.45, 7) is 2.00. The maximum Gasteiger partial charge on any atom is 0.254 e. The van der Waals surface area contributed by atoms with Gasteiger partial charge in [-0.1, -0.05) is 6.07 Å². The summed E-state index contributed by atoms with van der Waals surface area (Å²) in [4.78, 5) is 26.4. The van der Waals surface area contributed by atoms with Crippen molar-refractivity contribution in [2.24, 2.45) is 0 Å². The number of nitrogens with zero attached hydrogens (tertiary/aromatic N) is 1. The molecule has 0 saturated carbocycles. The highest BCUT2D eigenvalue weighted by atomic mass is 32.2. The molecule has 0 aliphatic rings. The molecule has 0 aromatic heterocycles. The van der Waals surface area contributed by atoms with Crippen molar-refractivity contribution in [1.29, 1.82) is 0 Å². The molecule has 2 aromatic rings. The second kappa shape index (κ2) is 9.23. The van der Waals surface area contributed by atoms with Gasteiger partial charge in [-0.25, -0.2) is 8.42 Å². The minimum Gasteiger partial charge on any atom is -0.497 e. The summed E-state index contributed by atoms with van der Waals surface area (Å²) in [5.41, 5.74) is 1.29. The fraction of sp³-hybridized carbons (Fsp3) is 0.263. The lowest BCUT2D eigenvalue weighted by Gasteiger charge is -2.20. The summed E-state index contributed by atoms with van der Waals surface area (Å²) in [7, 11) is -1.85. The number of likely N-dealkylation sites (N-methyl/N-ethyl adjacent to an activating group) is 1. The van der Waals surface area contributed by atoms with Crippen LogP contribution in [0.2, 0.25) is 0 Å². The quantitative estimate of drug-likeness (QED) is 0.700. The zero-order valence-electron chi connectivity index (χ0n) is 15.9. The van der Waals surface area contributed by atoms with E-state index < -0.39 is 10.0 Å². The van der Waals surface area contributed by atoms with Crippen LogP contribution in [0, 0.1) is 0 Å². The van der Waals surface area contributed by atoms with Crippen molar-refractivity contribution in [3.63, 3.8) is 0 Å². The van der Waals surface area contributed by atoms with Crippen LogP contribution >= 0.6 is 0 Å². The second-order valence-electron chi connectivity index (χ2n) is 6.05. The molecule has 0 unspecified atom stereocenters. The predicted molar refractivity (Wildman–Crippen MR) is 108 cm³/mol. The Morgan fingerprint density at radius 2 is 1.75 bits per heavy atom. The molecule has 2 aromatic carbocycles. The van der Waals surface area contributed by atoms with Crippen molar-refractivity contribution in [1.82, 2.24) is 4.90 Å². The first kappa shape index (κ1) is 21.2. The van der Waals surface area contributed by atoms with Gasteiger partial charge < -0.3 is 15.0 Å². The van der Waals surface area contributed by atoms with Crippen LogP contribution in [-0.4, -0.2) is 51.6 Å². The molecule has 0 spiro atoms. The molecule has 2 N–H and O–H groups in total. The topological polar surface area (TPSA) is 105 Å². The third kappa shape index (κ3) is 6.27. The number of sulfonamides is 1. The van der Waals surface area contributed by atoms with E-state index in [4.69, 9.17) is 4.74 Å². The zero-order valence-corrected chi connectivity index (χ0v) is 16.7. The zero-order chi connectivity index (χ0) is 20.7. The molecule has 150 valence electrons. The Morgan fingerprint density at radius 3 is 2.32 bits per heavy atom. The highest BCUT2D eigenvalue weighted by Gasteiger charge is 2.18. The minimum atomic E-state index is -3.39. The van der Waals surface area contributed by atoms with Crippen molar-refractivity contribution in [3.05, 3.63) is 54.1 Å². The number of nitrogens with one attached hydrogen (secondary N) is 2. The van der Waals surface area contributed by atoms with E-state index in [-0.39, 0.29) is 18.4 Å². The van der Waals surface area contributed by atoms with Gasteiger partial charge in [0.25, 0.3) is 5.91 Å². The molecule has 28 heavy (non-hydrogen) atoms. The molecule has 0 bridgehead atoms. The van der Waals surface area contributed by atoms with Gasteiger partial charge in [0, 0.05) is 29.5 Å². The molecule has 8 nitrogen and oxygen atoms in total. The van der Waals surface area contributed by atoms with E-state index in [0.717, 1.165) is 6.26 Å². The largest absolute Gasteiger partial charge is 0.497 e. The molecule has 0 atom stereocenters. The van der Waals surface area contributed by atoms with Gasteiger partial charge in [0.05, 0.1) is 13.4 Å². The molecule has 0 saturated heterocycles. The normalized spacial score (nSPS) is 10.8. The van der Waals surface area contributed by atoms with Crippen molar-refractivity contribution in [2.45, 2.75) is 6.92 Å². The van der Waals surface area contributed by atoms with Crippen molar-refractivity contribution in [2.75, 3.05) is 36.5 Å². The molecule has 0 aliphatic carbocycles. The standard InChI is InChI=1S/C19H23N3O5S/c1-4-22(13-18(23)20-16-6-5-7-17(12-16)27-2)19(24)14-8-10-15(11-9-14)21-28(3,25)26/h5-12,21H,4,13H2,1-3H3,(H,20,23). The number of ether oxygens (including phenoxy) is 1. The van der Waals surface area contributed by atoms with E-state index >= 15 is 0 Å². The van der Waals surface area contributed by atoms with Crippen LogP contribution in [0.25, 0.3) is 0 Å². The Bertz CT molecular complexity index is 942. The number of amides is 2. The minimum absolute atomic E-state index is 0.115. The Balaban J connectivity index is 2.03. The van der Waals surface area contributed by atoms with E-state index in [1.165, 1.54) is 36.3 Å². The van der Waals surface area contributed by atoms with Crippen LogP contribution in [0.3, 0.4) is 0 Å². The number of anilines is 2. The fourth-order valence-electron chi connectivity index (χ4n) is 2.48. The van der Waals surface area contributed by atoms with Gasteiger partial charge in [-0.3, -0.25) is 14.3 Å². The maximum absolute atomic E-state index is 12.6. The van der Waals surface area contributed by atoms with Crippen molar-refractivity contribution < 1.29 is 22.7 Å². The van der Waals surface area contributed by atoms with E-state index in [1.54, 1.807) is 31.2 Å². The number of rotatable bonds is 8. The average Bonchev–Trinajstić information content (AvgIpc) is 2.65. The van der Waals surface area contributed by atoms with Gasteiger partial charge in [0.2, 0.25) is 15.9 Å². The molecular weight excluding hydrogens is 382 g/mol. The van der Waals surface area contributed by atoms with Gasteiger partial charge >= 0.3 is 0 Å². The molecule has 2 amide bonds. The summed E-state index contributed by atoms with van der Waals surface area (Å²) in [5, 5.41) is 2.73. The lowest BCUT2D eigenvalue weighted by Crippen LogP contribution is -2.37. The maximum atomic E-state index is 12.6. The Hall–Kier alpha value is -3.07. The monoisotopic (exact) mass is 405 g/mol. The third-order valence-corrected chi connectivity index (χ3v) is 4.40. The summed E-state index contributed by atoms with van der Waals surface area (Å²) in [6.07, 6.45) is 1.05. The van der Waals surface area contributed by atoms with Gasteiger partial charge in [0.15, 0.2) is 0 Å². The number of hydrogen-bond acceptors (Lipinski definition) is 5. The summed E-state index contributed by atoms with van der Waals surface area (Å²) in [5.74, 6) is -0.0444. The van der Waals surface area contributed by atoms with Crippen LogP contribution in [0.4, 0.5) is 11.4 Å². The summed E-state index contributed by atoms with van der Waals surface area (Å²) in [6, 6.07) is 13.0. The molecule has 0 radical (unpaired) electrons. The van der Waals surface area contributed by atoms with Crippen LogP contribution in [0.5, 0.6) is 5.75 Å². The summed E-state index contributed by atoms with van der Waals surface area (Å²) < 4.78 is 29.9. The Labute approximate surface area is 164 Å². The molecule has 0 fully saturated rings. The predicted octanol–water partition coefficient (Wildman–Crippen LogP) is 2.17. The first-order valence-corrected chi connectivity index (χ1v) is 10.4. The third-order valence-electron chi connectivity index (χ3n) is 3.79. The first-order chi connectivity index (χ1) is 13.2. The average molecular weight is 405 g/mol. The smallest absolute Gasteiger partial charge is 0.254 e. The van der Waals surface area contributed by atoms with Gasteiger partial charge in [-0.2, -0.15) is 0 Å². The lowest BCUT2D eigenvalue weighted by molar-refractivity contribution is -0.116. The molecule has 9 heteroatoms. The highest BCUT2D eigenvalue weighted by molar-refractivity contribution is 7.92. The molecular formula is C19H23N3O5S. The van der Waals surface area contributed by atoms with Gasteiger partial charge in [0.1, 0.15) is 12.3 Å². The van der Waals surface area contributed by atoms with E-state index in [2.05, 4.69) is 10.0 Å². The van der Waals surface area contributed by atoms with Gasteiger partial charge in [-0.05, 0) is 43.3 Å². The number of carbonyl (C=O) groups excluding carboxylic acids is 2. The van der Waals surface area contributed by atoms with Crippen LogP contribution < -0.4 is 14.8 Å². The molecule has 0 aliphatic heterocycles. The SMILES string of the molecule is CCN(CC(=O)Nc1cccc(OC)c1)C(=O)c1ccc(NS(C)(=O)=O)cc1. The fourth-order valence-corrected chi connectivity index (χ4v) is 3.04. The molecule has 0 heterocycles. The van der Waals surface area contributed by atoms with E-state index in [0.29, 0.717) is 29.2 Å². The lowest BCUT2D eigenvalue weighted by atomic mass is 10.2. The highest BCUT2D eigenvalue weighted by Crippen LogP contribution is 2.17. The number of methoxy groups -OCH3 is 1. The van der Waals surface area contributed by atoms with Crippen molar-refractivity contribution in [3.8, 4) is 5.75 Å². The van der Waals surface area contributed by atoms with Gasteiger partial charge in [-0.15, -0.1) is 0 Å². The van der Waals surface area contributed by atoms with E-state index in [1.807, 2.05) is 0 Å².